The van der Waals surface area contributed by atoms with Crippen molar-refractivity contribution in [3.8, 4) is 23.0 Å². The molecule has 3 rings (SSSR count). The quantitative estimate of drug-likeness (QED) is 0.559. The molecule has 0 atom stereocenters. The largest absolute Gasteiger partial charge is 0.419 e. The van der Waals surface area contributed by atoms with Gasteiger partial charge in [0.05, 0.1) is 23.1 Å². The van der Waals surface area contributed by atoms with Crippen LogP contribution in [0.25, 0.3) is 16.9 Å². The number of alkyl halides is 3. The van der Waals surface area contributed by atoms with E-state index in [0.29, 0.717) is 16.4 Å². The summed E-state index contributed by atoms with van der Waals surface area (Å²) in [6.07, 6.45) is -1.12. The van der Waals surface area contributed by atoms with E-state index in [0.717, 1.165) is 17.1 Å². The molecular formula is C16H10F3N5OS. The molecule has 2 heterocycles. The molecular weight excluding hydrogens is 367 g/mol. The molecule has 0 spiro atoms. The molecule has 6 nitrogen and oxygen atoms in total. The van der Waals surface area contributed by atoms with Crippen LogP contribution in [0, 0.1) is 11.3 Å². The van der Waals surface area contributed by atoms with Crippen LogP contribution >= 0.6 is 11.8 Å². The summed E-state index contributed by atoms with van der Waals surface area (Å²) in [6.45, 7) is 0. The van der Waals surface area contributed by atoms with Crippen LogP contribution in [0.4, 0.5) is 13.2 Å². The van der Waals surface area contributed by atoms with Crippen LogP contribution in [0.2, 0.25) is 0 Å². The Kier molecular flexibility index (Phi) is 4.56. The minimum atomic E-state index is -4.47. The molecule has 1 aromatic carbocycles. The summed E-state index contributed by atoms with van der Waals surface area (Å²) in [5.74, 6) is 0. The second kappa shape index (κ2) is 6.68. The Bertz CT molecular complexity index is 1050. The molecule has 0 aliphatic carbocycles. The molecule has 0 amide bonds. The van der Waals surface area contributed by atoms with Crippen molar-refractivity contribution in [2.75, 3.05) is 6.26 Å². The normalized spacial score (nSPS) is 11.3. The van der Waals surface area contributed by atoms with E-state index in [1.807, 2.05) is 6.07 Å². The number of aromatic amines is 1. The molecule has 0 bridgehead atoms. The van der Waals surface area contributed by atoms with Gasteiger partial charge in [-0.25, -0.2) is 9.67 Å². The summed E-state index contributed by atoms with van der Waals surface area (Å²) < 4.78 is 39.1. The van der Waals surface area contributed by atoms with E-state index in [1.165, 1.54) is 23.9 Å². The van der Waals surface area contributed by atoms with Crippen LogP contribution in [0.5, 0.6) is 0 Å². The molecule has 0 saturated heterocycles. The van der Waals surface area contributed by atoms with Gasteiger partial charge in [-0.2, -0.15) is 23.5 Å². The van der Waals surface area contributed by atoms with Crippen molar-refractivity contribution >= 4 is 11.8 Å². The van der Waals surface area contributed by atoms with E-state index >= 15 is 0 Å². The van der Waals surface area contributed by atoms with Gasteiger partial charge in [-0.05, 0) is 18.4 Å². The average Bonchev–Trinajstić information content (AvgIpc) is 3.11. The molecule has 26 heavy (non-hydrogen) atoms. The first-order valence-corrected chi connectivity index (χ1v) is 8.37. The Morgan fingerprint density at radius 3 is 2.50 bits per heavy atom. The highest BCUT2D eigenvalue weighted by atomic mass is 32.2. The Morgan fingerprint density at radius 1 is 1.27 bits per heavy atom. The Hall–Kier alpha value is -3.06. The number of hydrogen-bond donors (Lipinski definition) is 1. The molecule has 10 heteroatoms. The van der Waals surface area contributed by atoms with Gasteiger partial charge >= 0.3 is 6.18 Å². The Morgan fingerprint density at radius 2 is 1.96 bits per heavy atom. The molecule has 2 aromatic heterocycles. The smallest absolute Gasteiger partial charge is 0.300 e. The van der Waals surface area contributed by atoms with E-state index in [2.05, 4.69) is 15.1 Å². The summed E-state index contributed by atoms with van der Waals surface area (Å²) in [7, 11) is 0. The lowest BCUT2D eigenvalue weighted by Crippen LogP contribution is -2.14. The SMILES string of the molecule is CSc1nc(-c2ccc(-n3cc(C(F)(F)F)cn3)cc2)c(C#N)c(=O)[nH]1. The van der Waals surface area contributed by atoms with E-state index in [1.54, 1.807) is 18.4 Å². The maximum atomic E-state index is 12.7. The second-order valence-corrected chi connectivity index (χ2v) is 5.92. The number of hydrogen-bond acceptors (Lipinski definition) is 5. The third-order valence-electron chi connectivity index (χ3n) is 3.52. The lowest BCUT2D eigenvalue weighted by molar-refractivity contribution is -0.137. The molecule has 132 valence electrons. The van der Waals surface area contributed by atoms with Crippen LogP contribution in [0.15, 0.2) is 46.6 Å². The lowest BCUT2D eigenvalue weighted by Gasteiger charge is -2.07. The molecule has 1 N–H and O–H groups in total. The zero-order chi connectivity index (χ0) is 18.9. The fourth-order valence-corrected chi connectivity index (χ4v) is 2.62. The first-order valence-electron chi connectivity index (χ1n) is 7.14. The fraction of sp³-hybridized carbons (Fsp3) is 0.125. The van der Waals surface area contributed by atoms with Gasteiger partial charge in [-0.1, -0.05) is 23.9 Å². The van der Waals surface area contributed by atoms with Crippen molar-refractivity contribution in [3.05, 3.63) is 58.1 Å². The number of rotatable bonds is 3. The van der Waals surface area contributed by atoms with Gasteiger partial charge in [0, 0.05) is 11.8 Å². The number of nitrogens with zero attached hydrogens (tertiary/aromatic N) is 4. The highest BCUT2D eigenvalue weighted by molar-refractivity contribution is 7.98. The van der Waals surface area contributed by atoms with E-state index in [-0.39, 0.29) is 11.3 Å². The van der Waals surface area contributed by atoms with E-state index in [4.69, 9.17) is 0 Å². The van der Waals surface area contributed by atoms with Crippen molar-refractivity contribution in [1.82, 2.24) is 19.7 Å². The van der Waals surface area contributed by atoms with Crippen molar-refractivity contribution in [1.29, 1.82) is 5.26 Å². The van der Waals surface area contributed by atoms with Crippen molar-refractivity contribution in [2.45, 2.75) is 11.3 Å². The maximum Gasteiger partial charge on any atom is 0.419 e. The minimum Gasteiger partial charge on any atom is -0.300 e. The van der Waals surface area contributed by atoms with Crippen LogP contribution in [-0.2, 0) is 6.18 Å². The molecule has 0 fully saturated rings. The molecule has 0 aliphatic rings. The van der Waals surface area contributed by atoms with Gasteiger partial charge in [0.25, 0.3) is 5.56 Å². The minimum absolute atomic E-state index is 0.131. The van der Waals surface area contributed by atoms with Gasteiger partial charge in [0.15, 0.2) is 5.16 Å². The number of benzene rings is 1. The van der Waals surface area contributed by atoms with Gasteiger partial charge in [-0.3, -0.25) is 4.79 Å². The monoisotopic (exact) mass is 377 g/mol. The highest BCUT2D eigenvalue weighted by Gasteiger charge is 2.32. The summed E-state index contributed by atoms with van der Waals surface area (Å²) in [5.41, 5.74) is -0.424. The fourth-order valence-electron chi connectivity index (χ4n) is 2.24. The van der Waals surface area contributed by atoms with E-state index < -0.39 is 17.3 Å². The van der Waals surface area contributed by atoms with Crippen molar-refractivity contribution in [2.24, 2.45) is 0 Å². The number of thioether (sulfide) groups is 1. The maximum absolute atomic E-state index is 12.7. The van der Waals surface area contributed by atoms with Gasteiger partial charge < -0.3 is 4.98 Å². The standard InChI is InChI=1S/C16H10F3N5OS/c1-26-15-22-13(12(6-20)14(25)23-15)9-2-4-11(5-3-9)24-8-10(7-21-24)16(17,18)19/h2-5,7-8H,1H3,(H,22,23,25). The van der Waals surface area contributed by atoms with Gasteiger partial charge in [-0.15, -0.1) is 0 Å². The molecule has 0 saturated carbocycles. The lowest BCUT2D eigenvalue weighted by atomic mass is 10.1. The average molecular weight is 377 g/mol. The number of nitrogens with one attached hydrogen (secondary N) is 1. The molecule has 3 aromatic rings. The zero-order valence-corrected chi connectivity index (χ0v) is 14.0. The first kappa shape index (κ1) is 17.8. The van der Waals surface area contributed by atoms with Crippen LogP contribution in [0.1, 0.15) is 11.1 Å². The predicted molar refractivity (Wildman–Crippen MR) is 88.9 cm³/mol. The summed E-state index contributed by atoms with van der Waals surface area (Å²) >= 11 is 1.22. The third kappa shape index (κ3) is 3.34. The van der Waals surface area contributed by atoms with Crippen LogP contribution in [-0.4, -0.2) is 26.0 Å². The zero-order valence-electron chi connectivity index (χ0n) is 13.2. The van der Waals surface area contributed by atoms with Gasteiger partial charge in [0.2, 0.25) is 0 Å². The Balaban J connectivity index is 2.01. The molecule has 0 radical (unpaired) electrons. The third-order valence-corrected chi connectivity index (χ3v) is 4.10. The number of H-pyrrole nitrogens is 1. The second-order valence-electron chi connectivity index (χ2n) is 5.13. The highest BCUT2D eigenvalue weighted by Crippen LogP contribution is 2.29. The molecule has 0 unspecified atom stereocenters. The first-order chi connectivity index (χ1) is 12.3. The number of nitriles is 1. The predicted octanol–water partition coefficient (Wildman–Crippen LogP) is 3.23. The topological polar surface area (TPSA) is 87.4 Å². The number of aromatic nitrogens is 4. The van der Waals surface area contributed by atoms with Crippen molar-refractivity contribution < 1.29 is 13.2 Å². The van der Waals surface area contributed by atoms with Crippen molar-refractivity contribution in [3.63, 3.8) is 0 Å². The summed E-state index contributed by atoms with van der Waals surface area (Å²) in [6, 6.07) is 8.02. The van der Waals surface area contributed by atoms with E-state index in [9.17, 15) is 23.2 Å². The Labute approximate surface area is 149 Å². The summed E-state index contributed by atoms with van der Waals surface area (Å²) in [5, 5.41) is 13.3. The van der Waals surface area contributed by atoms with Gasteiger partial charge in [0.1, 0.15) is 11.6 Å². The van der Waals surface area contributed by atoms with Crippen LogP contribution in [0.3, 0.4) is 0 Å². The van der Waals surface area contributed by atoms with Crippen LogP contribution < -0.4 is 5.56 Å². The summed E-state index contributed by atoms with van der Waals surface area (Å²) in [4.78, 5) is 18.7. The number of halogens is 3. The molecule has 0 aliphatic heterocycles.